The van der Waals surface area contributed by atoms with Crippen molar-refractivity contribution in [3.05, 3.63) is 40.5 Å². The molecule has 0 aliphatic carbocycles. The molecule has 0 amide bonds. The third-order valence-corrected chi connectivity index (χ3v) is 2.03. The van der Waals surface area contributed by atoms with Crippen LogP contribution in [0.2, 0.25) is 0 Å². The third-order valence-electron chi connectivity index (χ3n) is 2.03. The summed E-state index contributed by atoms with van der Waals surface area (Å²) in [6, 6.07) is 6.09. The van der Waals surface area contributed by atoms with E-state index in [0.29, 0.717) is 18.9 Å². The molecule has 0 saturated heterocycles. The molecule has 0 spiro atoms. The quantitative estimate of drug-likeness (QED) is 0.301. The predicted octanol–water partition coefficient (Wildman–Crippen LogP) is 3.69. The summed E-state index contributed by atoms with van der Waals surface area (Å²) in [7, 11) is 0. The monoisotopic (exact) mass is 223 g/mol. The van der Waals surface area contributed by atoms with Gasteiger partial charge in [0.25, 0.3) is 0 Å². The maximum Gasteiger partial charge on any atom is 0.126 e. The van der Waals surface area contributed by atoms with Gasteiger partial charge in [0.05, 0.1) is 6.61 Å². The average Bonchev–Trinajstić information content (AvgIpc) is 2.28. The van der Waals surface area contributed by atoms with E-state index in [-0.39, 0.29) is 5.82 Å². The molecule has 0 bridgehead atoms. The van der Waals surface area contributed by atoms with Gasteiger partial charge in [0.1, 0.15) is 11.6 Å². The Morgan fingerprint density at radius 1 is 1.31 bits per heavy atom. The van der Waals surface area contributed by atoms with E-state index in [9.17, 15) is 4.39 Å². The summed E-state index contributed by atoms with van der Waals surface area (Å²) < 4.78 is 18.1. The van der Waals surface area contributed by atoms with Crippen LogP contribution in [0, 0.1) is 5.82 Å². The van der Waals surface area contributed by atoms with Crippen molar-refractivity contribution in [2.45, 2.75) is 19.3 Å². The molecule has 1 aromatic rings. The van der Waals surface area contributed by atoms with Crippen molar-refractivity contribution in [1.29, 1.82) is 0 Å². The summed E-state index contributed by atoms with van der Waals surface area (Å²) in [5, 5.41) is 3.43. The van der Waals surface area contributed by atoms with Gasteiger partial charge in [0.2, 0.25) is 0 Å². The van der Waals surface area contributed by atoms with Crippen molar-refractivity contribution in [2.75, 3.05) is 13.2 Å². The Hall–Kier alpha value is -1.74. The first-order valence-electron chi connectivity index (χ1n) is 5.22. The fraction of sp³-hybridized carbons (Fsp3) is 0.455. The number of nitrogens with zero attached hydrogens (tertiary/aromatic N) is 3. The van der Waals surface area contributed by atoms with Gasteiger partial charge < -0.3 is 4.74 Å². The van der Waals surface area contributed by atoms with Gasteiger partial charge in [0, 0.05) is 17.5 Å². The third kappa shape index (κ3) is 5.22. The molecule has 1 aromatic carbocycles. The molecule has 0 N–H and O–H groups in total. The normalized spacial score (nSPS) is 9.56. The van der Waals surface area contributed by atoms with Gasteiger partial charge in [-0.2, -0.15) is 0 Å². The van der Waals surface area contributed by atoms with E-state index in [1.165, 1.54) is 12.1 Å². The molecule has 0 heterocycles. The van der Waals surface area contributed by atoms with E-state index < -0.39 is 0 Å². The highest BCUT2D eigenvalue weighted by atomic mass is 19.1. The van der Waals surface area contributed by atoms with Crippen LogP contribution in [0.25, 0.3) is 10.4 Å². The van der Waals surface area contributed by atoms with E-state index in [4.69, 9.17) is 10.3 Å². The van der Waals surface area contributed by atoms with E-state index in [1.54, 1.807) is 12.1 Å². The Kier molecular flexibility index (Phi) is 5.81. The molecule has 0 fully saturated rings. The lowest BCUT2D eigenvalue weighted by atomic mass is 10.2. The molecule has 4 nitrogen and oxygen atoms in total. The second-order valence-corrected chi connectivity index (χ2v) is 3.32. The molecule has 0 radical (unpaired) electrons. The zero-order chi connectivity index (χ0) is 11.6. The Bertz CT molecular complexity index is 364. The molecule has 5 heteroatoms. The highest BCUT2D eigenvalue weighted by Crippen LogP contribution is 2.12. The average molecular weight is 223 g/mol. The van der Waals surface area contributed by atoms with Crippen LogP contribution in [0.3, 0.4) is 0 Å². The van der Waals surface area contributed by atoms with Crippen molar-refractivity contribution in [2.24, 2.45) is 5.11 Å². The summed E-state index contributed by atoms with van der Waals surface area (Å²) >= 11 is 0. The van der Waals surface area contributed by atoms with Crippen molar-refractivity contribution in [3.8, 4) is 5.75 Å². The lowest BCUT2D eigenvalue weighted by Crippen LogP contribution is -1.97. The first-order chi connectivity index (χ1) is 7.83. The van der Waals surface area contributed by atoms with Crippen molar-refractivity contribution < 1.29 is 9.13 Å². The van der Waals surface area contributed by atoms with E-state index in [1.807, 2.05) is 0 Å². The van der Waals surface area contributed by atoms with Crippen LogP contribution in [0.1, 0.15) is 19.3 Å². The Morgan fingerprint density at radius 2 is 2.19 bits per heavy atom. The molecular formula is C11H14FN3O. The summed E-state index contributed by atoms with van der Waals surface area (Å²) in [6.45, 7) is 1.08. The maximum atomic E-state index is 12.8. The number of benzene rings is 1. The first kappa shape index (κ1) is 12.3. The molecule has 0 aromatic heterocycles. The lowest BCUT2D eigenvalue weighted by Gasteiger charge is -2.05. The van der Waals surface area contributed by atoms with Crippen LogP contribution < -0.4 is 4.74 Å². The molecule has 0 unspecified atom stereocenters. The highest BCUT2D eigenvalue weighted by Gasteiger charge is 1.95. The summed E-state index contributed by atoms with van der Waals surface area (Å²) in [6.07, 6.45) is 2.67. The number of hydrogen-bond acceptors (Lipinski definition) is 2. The minimum Gasteiger partial charge on any atom is -0.493 e. The van der Waals surface area contributed by atoms with Gasteiger partial charge in [-0.15, -0.1) is 0 Å². The summed E-state index contributed by atoms with van der Waals surface area (Å²) in [5.74, 6) is 0.260. The Labute approximate surface area is 93.7 Å². The summed E-state index contributed by atoms with van der Waals surface area (Å²) in [5.41, 5.74) is 8.04. The minimum absolute atomic E-state index is 0.291. The second kappa shape index (κ2) is 7.54. The fourth-order valence-electron chi connectivity index (χ4n) is 1.25. The first-order valence-corrected chi connectivity index (χ1v) is 5.22. The van der Waals surface area contributed by atoms with Crippen LogP contribution in [0.4, 0.5) is 4.39 Å². The standard InChI is InChI=1S/C11H14FN3O/c12-10-5-4-6-11(9-10)16-8-3-1-2-7-14-15-13/h4-6,9H,1-3,7-8H2. The van der Waals surface area contributed by atoms with Gasteiger partial charge in [-0.1, -0.05) is 11.2 Å². The largest absolute Gasteiger partial charge is 0.493 e. The van der Waals surface area contributed by atoms with Crippen LogP contribution >= 0.6 is 0 Å². The molecule has 0 atom stereocenters. The van der Waals surface area contributed by atoms with E-state index in [0.717, 1.165) is 19.3 Å². The van der Waals surface area contributed by atoms with Crippen LogP contribution in [0.15, 0.2) is 29.4 Å². The van der Waals surface area contributed by atoms with Crippen LogP contribution in [-0.2, 0) is 0 Å². The Morgan fingerprint density at radius 3 is 2.94 bits per heavy atom. The lowest BCUT2D eigenvalue weighted by molar-refractivity contribution is 0.304. The number of azide groups is 1. The van der Waals surface area contributed by atoms with Crippen molar-refractivity contribution >= 4 is 0 Å². The zero-order valence-electron chi connectivity index (χ0n) is 8.97. The van der Waals surface area contributed by atoms with Gasteiger partial charge in [-0.3, -0.25) is 0 Å². The zero-order valence-corrected chi connectivity index (χ0v) is 8.97. The minimum atomic E-state index is -0.291. The van der Waals surface area contributed by atoms with Crippen LogP contribution in [0.5, 0.6) is 5.75 Å². The highest BCUT2D eigenvalue weighted by molar-refractivity contribution is 5.22. The molecule has 86 valence electrons. The number of hydrogen-bond donors (Lipinski definition) is 0. The predicted molar refractivity (Wildman–Crippen MR) is 59.8 cm³/mol. The number of rotatable bonds is 7. The van der Waals surface area contributed by atoms with Gasteiger partial charge in [0.15, 0.2) is 0 Å². The van der Waals surface area contributed by atoms with Crippen molar-refractivity contribution in [3.63, 3.8) is 0 Å². The summed E-state index contributed by atoms with van der Waals surface area (Å²) in [4.78, 5) is 2.66. The fourth-order valence-corrected chi connectivity index (χ4v) is 1.25. The van der Waals surface area contributed by atoms with Gasteiger partial charge in [-0.25, -0.2) is 4.39 Å². The van der Waals surface area contributed by atoms with Gasteiger partial charge >= 0.3 is 0 Å². The molecule has 0 aliphatic heterocycles. The molecule has 0 aliphatic rings. The second-order valence-electron chi connectivity index (χ2n) is 3.32. The molecule has 1 rings (SSSR count). The number of unbranched alkanes of at least 4 members (excludes halogenated alkanes) is 2. The molecule has 16 heavy (non-hydrogen) atoms. The van der Waals surface area contributed by atoms with E-state index >= 15 is 0 Å². The SMILES string of the molecule is [N-]=[N+]=NCCCCCOc1cccc(F)c1. The van der Waals surface area contributed by atoms with Crippen LogP contribution in [-0.4, -0.2) is 13.2 Å². The van der Waals surface area contributed by atoms with Gasteiger partial charge in [-0.05, 0) is 36.9 Å². The number of ether oxygens (including phenoxy) is 1. The van der Waals surface area contributed by atoms with E-state index in [2.05, 4.69) is 10.0 Å². The Balaban J connectivity index is 2.09. The topological polar surface area (TPSA) is 58.0 Å². The molecular weight excluding hydrogens is 209 g/mol. The van der Waals surface area contributed by atoms with Crippen molar-refractivity contribution in [1.82, 2.24) is 0 Å². The number of halogens is 1. The molecule has 0 saturated carbocycles. The smallest absolute Gasteiger partial charge is 0.126 e. The maximum absolute atomic E-state index is 12.8.